The molecule has 3 heterocycles. The smallest absolute Gasteiger partial charge is 0.327 e. The molecule has 33 nitrogen and oxygen atoms in total. The normalized spacial score (nSPS) is 23.6. The molecule has 0 aliphatic carbocycles. The molecule has 444 valence electrons. The van der Waals surface area contributed by atoms with Crippen LogP contribution in [0.2, 0.25) is 0 Å². The van der Waals surface area contributed by atoms with Gasteiger partial charge in [-0.15, -0.1) is 0 Å². The Hall–Kier alpha value is -7.47. The predicted molar refractivity (Wildman–Crippen MR) is 285 cm³/mol. The molecule has 0 aromatic rings. The number of carbonyl (C=O) groups excluding carboxylic acids is 15. The second-order valence-electron chi connectivity index (χ2n) is 17.5. The van der Waals surface area contributed by atoms with Gasteiger partial charge >= 0.3 is 5.97 Å². The van der Waals surface area contributed by atoms with Gasteiger partial charge in [0.05, 0.1) is 71.5 Å². The van der Waals surface area contributed by atoms with Crippen LogP contribution in [0.5, 0.6) is 0 Å². The van der Waals surface area contributed by atoms with Crippen molar-refractivity contribution in [3.05, 3.63) is 0 Å². The molecular formula is C44H68N16O17S3. The minimum Gasteiger partial charge on any atom is -0.480 e. The van der Waals surface area contributed by atoms with Crippen LogP contribution in [-0.2, 0) is 76.7 Å². The molecule has 3 atom stereocenters. The zero-order valence-corrected chi connectivity index (χ0v) is 46.0. The molecule has 3 saturated heterocycles. The fraction of sp³-hybridized carbons (Fsp3) is 0.636. The molecular weight excluding hydrogens is 1120 g/mol. The minimum absolute atomic E-state index is 0.0349. The molecule has 36 heteroatoms. The van der Waals surface area contributed by atoms with E-state index in [0.717, 1.165) is 23.5 Å². The highest BCUT2D eigenvalue weighted by atomic mass is 32.2. The van der Waals surface area contributed by atoms with Gasteiger partial charge in [-0.1, -0.05) is 0 Å². The van der Waals surface area contributed by atoms with E-state index in [1.165, 1.54) is 26.5 Å². The maximum atomic E-state index is 13.9. The Morgan fingerprint density at radius 1 is 0.375 bits per heavy atom. The lowest BCUT2D eigenvalue weighted by Gasteiger charge is -2.26. The van der Waals surface area contributed by atoms with Crippen molar-refractivity contribution in [3.8, 4) is 0 Å². The van der Waals surface area contributed by atoms with Gasteiger partial charge in [0.15, 0.2) is 0 Å². The van der Waals surface area contributed by atoms with Gasteiger partial charge in [-0.2, -0.15) is 35.3 Å². The Bertz CT molecular complexity index is 2300. The van der Waals surface area contributed by atoms with Gasteiger partial charge in [-0.25, -0.2) is 4.79 Å². The third-order valence-electron chi connectivity index (χ3n) is 11.3. The van der Waals surface area contributed by atoms with Crippen LogP contribution in [0.4, 0.5) is 0 Å². The fourth-order valence-electron chi connectivity index (χ4n) is 6.82. The van der Waals surface area contributed by atoms with E-state index in [0.29, 0.717) is 0 Å². The van der Waals surface area contributed by atoms with Crippen molar-refractivity contribution in [3.63, 3.8) is 0 Å². The van der Waals surface area contributed by atoms with Gasteiger partial charge in [0.25, 0.3) is 0 Å². The summed E-state index contributed by atoms with van der Waals surface area (Å²) in [4.78, 5) is 208. The molecule has 80 heavy (non-hydrogen) atoms. The Morgan fingerprint density at radius 2 is 0.650 bits per heavy atom. The number of carboxylic acid groups (broad SMARTS) is 1. The Balaban J connectivity index is 1.87. The summed E-state index contributed by atoms with van der Waals surface area (Å²) in [7, 11) is 0. The first-order chi connectivity index (χ1) is 38.1. The lowest BCUT2D eigenvalue weighted by Crippen LogP contribution is -2.53. The second-order valence-corrected chi connectivity index (χ2v) is 20.9. The lowest BCUT2D eigenvalue weighted by atomic mass is 10.3. The summed E-state index contributed by atoms with van der Waals surface area (Å²) in [6.45, 7) is -6.11. The fourth-order valence-corrected chi connectivity index (χ4v) is 9.61. The van der Waals surface area contributed by atoms with Crippen LogP contribution in [0, 0.1) is 0 Å². The molecule has 3 aliphatic rings. The van der Waals surface area contributed by atoms with Crippen molar-refractivity contribution in [1.29, 1.82) is 0 Å². The molecule has 0 aromatic heterocycles. The van der Waals surface area contributed by atoms with E-state index in [-0.39, 0.29) is 105 Å². The number of nitrogens with two attached hydrogens (primary N) is 1. The number of aliphatic carboxylic acids is 1. The largest absolute Gasteiger partial charge is 0.480 e. The second kappa shape index (κ2) is 36.7. The monoisotopic (exact) mass is 1190 g/mol. The summed E-state index contributed by atoms with van der Waals surface area (Å²) in [5.74, 6) is -12.5. The molecule has 4 bridgehead atoms. The number of nitrogens with one attached hydrogen (secondary N) is 12. The number of hydrogen-bond donors (Lipinski definition) is 14. The molecule has 0 aromatic carbocycles. The van der Waals surface area contributed by atoms with Crippen LogP contribution in [0.15, 0.2) is 0 Å². The van der Waals surface area contributed by atoms with Crippen LogP contribution in [0.25, 0.3) is 0 Å². The molecule has 3 rings (SSSR count). The lowest BCUT2D eigenvalue weighted by molar-refractivity contribution is -0.141. The first-order valence-corrected chi connectivity index (χ1v) is 28.4. The van der Waals surface area contributed by atoms with Gasteiger partial charge < -0.3 is 89.3 Å². The van der Waals surface area contributed by atoms with E-state index in [1.807, 2.05) is 0 Å². The van der Waals surface area contributed by atoms with Crippen LogP contribution in [0.3, 0.4) is 0 Å². The summed E-state index contributed by atoms with van der Waals surface area (Å²) in [6.07, 6.45) is -0.278. The summed E-state index contributed by atoms with van der Waals surface area (Å²) >= 11 is 3.27. The minimum atomic E-state index is -1.43. The molecule has 0 spiro atoms. The maximum Gasteiger partial charge on any atom is 0.327 e. The zero-order valence-electron chi connectivity index (χ0n) is 43.5. The summed E-state index contributed by atoms with van der Waals surface area (Å²) in [5.41, 5.74) is 6.01. The quantitative estimate of drug-likeness (QED) is 0.116. The molecule has 0 radical (unpaired) electrons. The summed E-state index contributed by atoms with van der Waals surface area (Å²) in [6, 6.07) is -3.92. The number of amides is 15. The summed E-state index contributed by atoms with van der Waals surface area (Å²) in [5, 5.41) is 36.9. The van der Waals surface area contributed by atoms with Crippen molar-refractivity contribution < 1.29 is 81.8 Å². The van der Waals surface area contributed by atoms with Gasteiger partial charge in [0.1, 0.15) is 12.1 Å². The molecule has 15 N–H and O–H groups in total. The number of rotatable bonds is 1. The highest BCUT2D eigenvalue weighted by molar-refractivity contribution is 7.99. The van der Waals surface area contributed by atoms with E-state index in [4.69, 9.17) is 5.73 Å². The summed E-state index contributed by atoms with van der Waals surface area (Å²) < 4.78 is 0. The average molecular weight is 1190 g/mol. The molecule has 0 unspecified atom stereocenters. The van der Waals surface area contributed by atoms with Gasteiger partial charge in [0, 0.05) is 93.0 Å². The zero-order chi connectivity index (χ0) is 59.0. The molecule has 3 fully saturated rings. The number of carbonyl (C=O) groups is 16. The average Bonchev–Trinajstić information content (AvgIpc) is 3.55. The van der Waals surface area contributed by atoms with Crippen molar-refractivity contribution in [1.82, 2.24) is 78.5 Å². The number of hydrogen-bond acceptors (Lipinski definition) is 20. The van der Waals surface area contributed by atoms with Crippen LogP contribution in [-0.4, -0.2) is 272 Å². The number of nitrogens with zero attached hydrogens (tertiary/aromatic N) is 3. The first kappa shape index (κ1) is 66.8. The molecule has 0 saturated carbocycles. The highest BCUT2D eigenvalue weighted by Crippen LogP contribution is 2.13. The predicted octanol–water partition coefficient (Wildman–Crippen LogP) is -10.6. The molecule has 3 aliphatic heterocycles. The first-order valence-electron chi connectivity index (χ1n) is 24.9. The van der Waals surface area contributed by atoms with Gasteiger partial charge in [-0.3, -0.25) is 71.9 Å². The Morgan fingerprint density at radius 3 is 0.988 bits per heavy atom. The van der Waals surface area contributed by atoms with Crippen molar-refractivity contribution >= 4 is 130 Å². The maximum absolute atomic E-state index is 13.9. The number of thioether (sulfide) groups is 3. The number of fused-ring (bicyclic) bond motifs is 9. The van der Waals surface area contributed by atoms with E-state index < -0.39 is 166 Å². The van der Waals surface area contributed by atoms with E-state index in [9.17, 15) is 81.8 Å². The van der Waals surface area contributed by atoms with Gasteiger partial charge in [0.2, 0.25) is 88.6 Å². The SMILES string of the molecule is N[C@H]1CSCCC(=O)N2CCN3CCN(CC2)C(=O)CCSC[C@H](NC(=O)CNC(=O)CNC(=O)CNC(=O)CNC(=O)CNC1=O)C(=O)NCC(=O)NCC(=O)NCC(=O)NCC(=O)NCC(=O)N[C@H](C(=O)O)CSCCC3=O. The Labute approximate surface area is 470 Å². The van der Waals surface area contributed by atoms with Crippen molar-refractivity contribution in [2.75, 3.05) is 139 Å². The van der Waals surface area contributed by atoms with Crippen LogP contribution < -0.4 is 69.5 Å². The Kier molecular flexibility index (Phi) is 30.6. The van der Waals surface area contributed by atoms with Gasteiger partial charge in [-0.05, 0) is 0 Å². The third kappa shape index (κ3) is 27.9. The van der Waals surface area contributed by atoms with E-state index in [2.05, 4.69) is 63.8 Å². The third-order valence-corrected chi connectivity index (χ3v) is 14.5. The van der Waals surface area contributed by atoms with E-state index in [1.54, 1.807) is 0 Å². The van der Waals surface area contributed by atoms with Crippen LogP contribution >= 0.6 is 35.3 Å². The van der Waals surface area contributed by atoms with Crippen molar-refractivity contribution in [2.45, 2.75) is 37.4 Å². The van der Waals surface area contributed by atoms with Crippen molar-refractivity contribution in [2.24, 2.45) is 5.73 Å². The standard InChI is InChI=1S/C44H68N16O17S3/c45-26-23-78-10-1-39(71)58-4-6-59-8-9-60(7-5-58)41(73)3-12-80-25-28(44(76)77)57-38(70)22-53-34(66)18-49-30(62)14-47-32(64)16-51-36(68)20-55-43(75)27(24-79-11-2-40(59)72)56-37(69)21-52-33(65)17-48-29(61)13-46-31(63)15-50-35(67)19-54-42(26)74/h26-28H,1-25,45H2,(H,46,63)(H,47,64)(H,48,61)(H,49,62)(H,50,67)(H,51,68)(H,52,65)(H,53,66)(H,54,74)(H,55,75)(H,56,69)(H,57,70)(H,76,77)/t26-,27-,28-/m0/s1. The van der Waals surface area contributed by atoms with E-state index >= 15 is 0 Å². The highest BCUT2D eigenvalue weighted by Gasteiger charge is 2.28. The topological polar surface area (TPSA) is 473 Å². The molecule has 15 amide bonds. The number of carboxylic acids is 1. The van der Waals surface area contributed by atoms with Crippen LogP contribution in [0.1, 0.15) is 19.3 Å².